The Morgan fingerprint density at radius 2 is 1.71 bits per heavy atom. The first-order chi connectivity index (χ1) is 19.7. The van der Waals surface area contributed by atoms with Gasteiger partial charge in [0, 0.05) is 23.5 Å². The number of carbonyl (C=O) groups is 1. The summed E-state index contributed by atoms with van der Waals surface area (Å²) in [4.78, 5) is 22.1. The van der Waals surface area contributed by atoms with E-state index in [-0.39, 0.29) is 34.7 Å². The molecule has 1 amide bonds. The number of nitriles is 1. The number of carbonyl (C=O) groups excluding carboxylic acids is 1. The van der Waals surface area contributed by atoms with Crippen molar-refractivity contribution in [2.24, 2.45) is 5.73 Å². The van der Waals surface area contributed by atoms with Crippen LogP contribution in [0.4, 0.5) is 18.9 Å². The number of benzene rings is 2. The first-order valence-corrected chi connectivity index (χ1v) is 14.0. The van der Waals surface area contributed by atoms with Crippen LogP contribution in [0.2, 0.25) is 0 Å². The van der Waals surface area contributed by atoms with E-state index in [1.54, 1.807) is 38.1 Å². The predicted octanol–water partition coefficient (Wildman–Crippen LogP) is 3.66. The number of alkyl halides is 3. The Balaban J connectivity index is 1.50. The number of anilines is 1. The van der Waals surface area contributed by atoms with Crippen molar-refractivity contribution in [2.75, 3.05) is 10.7 Å². The van der Waals surface area contributed by atoms with Crippen LogP contribution < -0.4 is 10.6 Å². The number of hydrogen-bond donors (Lipinski definition) is 1. The molecular formula is C27H22F3N7O4S. The van der Waals surface area contributed by atoms with Crippen molar-refractivity contribution in [1.82, 2.24) is 20.2 Å². The number of halogens is 3. The van der Waals surface area contributed by atoms with E-state index in [0.717, 1.165) is 0 Å². The second-order valence-corrected chi connectivity index (χ2v) is 12.1. The van der Waals surface area contributed by atoms with Crippen LogP contribution in [-0.2, 0) is 32.8 Å². The minimum absolute atomic E-state index is 0.0235. The lowest BCUT2D eigenvalue weighted by atomic mass is 9.96. The van der Waals surface area contributed by atoms with Crippen LogP contribution in [0.25, 0.3) is 22.8 Å². The van der Waals surface area contributed by atoms with Gasteiger partial charge in [-0.05, 0) is 37.6 Å². The second-order valence-electron chi connectivity index (χ2n) is 10.1. The summed E-state index contributed by atoms with van der Waals surface area (Å²) in [5.74, 6) is -1.08. The summed E-state index contributed by atoms with van der Waals surface area (Å²) in [6.07, 6.45) is -3.18. The molecule has 0 fully saturated rings. The summed E-state index contributed by atoms with van der Waals surface area (Å²) in [5.41, 5.74) is 5.34. The molecule has 0 radical (unpaired) electrons. The van der Waals surface area contributed by atoms with E-state index in [2.05, 4.69) is 26.2 Å². The number of sulfone groups is 1. The second kappa shape index (κ2) is 10.3. The molecule has 1 atom stereocenters. The Hall–Kier alpha value is -4.68. The minimum Gasteiger partial charge on any atom is -0.419 e. The molecular weight excluding hydrogens is 575 g/mol. The maximum absolute atomic E-state index is 13.4. The summed E-state index contributed by atoms with van der Waals surface area (Å²) in [6, 6.07) is 11.3. The molecule has 1 aliphatic heterocycles. The van der Waals surface area contributed by atoms with E-state index in [1.807, 2.05) is 0 Å². The molecule has 11 nitrogen and oxygen atoms in total. The van der Waals surface area contributed by atoms with Crippen LogP contribution in [0.5, 0.6) is 0 Å². The Kier molecular flexibility index (Phi) is 7.07. The van der Waals surface area contributed by atoms with E-state index >= 15 is 0 Å². The average molecular weight is 598 g/mol. The average Bonchev–Trinajstić information content (AvgIpc) is 3.44. The van der Waals surface area contributed by atoms with Gasteiger partial charge in [-0.3, -0.25) is 4.79 Å². The van der Waals surface area contributed by atoms with E-state index in [4.69, 9.17) is 10.2 Å². The topological polar surface area (TPSA) is 169 Å². The van der Waals surface area contributed by atoms with Crippen molar-refractivity contribution >= 4 is 21.4 Å². The summed E-state index contributed by atoms with van der Waals surface area (Å²) >= 11 is 0. The van der Waals surface area contributed by atoms with Crippen molar-refractivity contribution in [1.29, 1.82) is 5.26 Å². The maximum atomic E-state index is 13.4. The van der Waals surface area contributed by atoms with Crippen molar-refractivity contribution in [3.8, 4) is 28.9 Å². The third-order valence-electron chi connectivity index (χ3n) is 6.59. The number of fused-ring (bicyclic) bond motifs is 1. The molecule has 2 aromatic heterocycles. The molecule has 0 saturated carbocycles. The molecule has 4 aromatic rings. The lowest BCUT2D eigenvalue weighted by Gasteiger charge is -2.24. The van der Waals surface area contributed by atoms with Crippen LogP contribution in [0.1, 0.15) is 30.9 Å². The largest absolute Gasteiger partial charge is 0.419 e. The van der Waals surface area contributed by atoms with Gasteiger partial charge in [0.15, 0.2) is 15.7 Å². The molecule has 0 aliphatic carbocycles. The first-order valence-electron chi connectivity index (χ1n) is 12.4. The SMILES string of the molecule is CC(C)(C#N)c1nnc(-c2ccc3c(c2)N(Cc2ccc(-c4ncc(C(F)(F)F)cn4)cc2)C(=O)[C@@H](N)CS3(=O)=O)o1. The number of rotatable bonds is 5. The van der Waals surface area contributed by atoms with Gasteiger partial charge in [0.05, 0.1) is 40.6 Å². The fourth-order valence-electron chi connectivity index (χ4n) is 4.21. The highest BCUT2D eigenvalue weighted by atomic mass is 32.2. The highest BCUT2D eigenvalue weighted by Crippen LogP contribution is 2.36. The molecule has 0 bridgehead atoms. The molecule has 1 aliphatic rings. The fraction of sp³-hybridized carbons (Fsp3) is 0.259. The Labute approximate surface area is 237 Å². The highest BCUT2D eigenvalue weighted by molar-refractivity contribution is 7.91. The Morgan fingerprint density at radius 1 is 1.07 bits per heavy atom. The van der Waals surface area contributed by atoms with Crippen LogP contribution in [0.15, 0.2) is 64.2 Å². The van der Waals surface area contributed by atoms with Crippen molar-refractivity contribution in [3.05, 3.63) is 71.9 Å². The Morgan fingerprint density at radius 3 is 2.33 bits per heavy atom. The lowest BCUT2D eigenvalue weighted by Crippen LogP contribution is -2.45. The third-order valence-corrected chi connectivity index (χ3v) is 8.40. The number of nitrogens with zero attached hydrogens (tertiary/aromatic N) is 6. The molecule has 15 heteroatoms. The fourth-order valence-corrected chi connectivity index (χ4v) is 5.77. The van der Waals surface area contributed by atoms with Gasteiger partial charge >= 0.3 is 6.18 Å². The molecule has 0 spiro atoms. The first kappa shape index (κ1) is 28.8. The van der Waals surface area contributed by atoms with Crippen LogP contribution >= 0.6 is 0 Å². The quantitative estimate of drug-likeness (QED) is 0.358. The van der Waals surface area contributed by atoms with Gasteiger partial charge in [-0.25, -0.2) is 18.4 Å². The zero-order valence-electron chi connectivity index (χ0n) is 22.1. The summed E-state index contributed by atoms with van der Waals surface area (Å²) in [6.45, 7) is 3.12. The van der Waals surface area contributed by atoms with Gasteiger partial charge in [-0.15, -0.1) is 10.2 Å². The maximum Gasteiger partial charge on any atom is 0.419 e. The van der Waals surface area contributed by atoms with Gasteiger partial charge < -0.3 is 15.1 Å². The minimum atomic E-state index is -4.56. The summed E-state index contributed by atoms with van der Waals surface area (Å²) in [5, 5.41) is 17.3. The summed E-state index contributed by atoms with van der Waals surface area (Å²) < 4.78 is 70.5. The van der Waals surface area contributed by atoms with Crippen molar-refractivity contribution in [2.45, 2.75) is 42.9 Å². The van der Waals surface area contributed by atoms with Crippen LogP contribution in [-0.4, -0.2) is 46.3 Å². The summed E-state index contributed by atoms with van der Waals surface area (Å²) in [7, 11) is -3.96. The lowest BCUT2D eigenvalue weighted by molar-refractivity contribution is -0.138. The predicted molar refractivity (Wildman–Crippen MR) is 142 cm³/mol. The standard InChI is InChI=1S/C27H22F3N7O4S/c1-26(2,14-31)25-36-35-23(41-25)17-7-8-21-20(9-17)37(24(38)19(32)13-42(21,39)40)12-15-3-5-16(6-4-15)22-33-10-18(11-34-22)27(28,29)30/h3-11,19H,12-13,32H2,1-2H3/t19-/m0/s1. The smallest absolute Gasteiger partial charge is 0.419 e. The Bertz CT molecular complexity index is 1810. The highest BCUT2D eigenvalue weighted by Gasteiger charge is 2.37. The van der Waals surface area contributed by atoms with E-state index in [9.17, 15) is 31.6 Å². The zero-order valence-corrected chi connectivity index (χ0v) is 22.9. The molecule has 3 heterocycles. The van der Waals surface area contributed by atoms with E-state index in [1.165, 1.54) is 23.1 Å². The third kappa shape index (κ3) is 5.46. The van der Waals surface area contributed by atoms with Gasteiger partial charge in [0.2, 0.25) is 17.7 Å². The van der Waals surface area contributed by atoms with Gasteiger partial charge in [0.1, 0.15) is 5.41 Å². The molecule has 0 saturated heterocycles. The van der Waals surface area contributed by atoms with Gasteiger partial charge in [-0.1, -0.05) is 24.3 Å². The number of amides is 1. The molecule has 42 heavy (non-hydrogen) atoms. The number of hydrogen-bond acceptors (Lipinski definition) is 10. The molecule has 5 rings (SSSR count). The van der Waals surface area contributed by atoms with Crippen molar-refractivity contribution < 1.29 is 30.8 Å². The van der Waals surface area contributed by atoms with E-state index < -0.39 is 44.7 Å². The molecule has 2 N–H and O–H groups in total. The van der Waals surface area contributed by atoms with Crippen LogP contribution in [0, 0.1) is 11.3 Å². The number of aromatic nitrogens is 4. The molecule has 2 aromatic carbocycles. The number of nitrogens with two attached hydrogens (primary N) is 1. The van der Waals surface area contributed by atoms with Gasteiger partial charge in [0.25, 0.3) is 0 Å². The van der Waals surface area contributed by atoms with Gasteiger partial charge in [-0.2, -0.15) is 18.4 Å². The monoisotopic (exact) mass is 597 g/mol. The normalized spacial score (nSPS) is 16.9. The zero-order chi connectivity index (χ0) is 30.4. The van der Waals surface area contributed by atoms with Crippen molar-refractivity contribution in [3.63, 3.8) is 0 Å². The molecule has 0 unspecified atom stereocenters. The van der Waals surface area contributed by atoms with E-state index in [0.29, 0.717) is 29.1 Å². The molecule has 216 valence electrons. The van der Waals surface area contributed by atoms with Crippen LogP contribution in [0.3, 0.4) is 0 Å².